The van der Waals surface area contributed by atoms with Gasteiger partial charge in [-0.3, -0.25) is 4.90 Å². The van der Waals surface area contributed by atoms with E-state index >= 15 is 0 Å². The van der Waals surface area contributed by atoms with Crippen molar-refractivity contribution in [1.82, 2.24) is 15.1 Å². The molecule has 0 bridgehead atoms. The van der Waals surface area contributed by atoms with E-state index in [1.165, 1.54) is 65.0 Å². The third kappa shape index (κ3) is 7.91. The predicted octanol–water partition coefficient (Wildman–Crippen LogP) is 2.57. The topological polar surface area (TPSA) is 18.5 Å². The second kappa shape index (κ2) is 9.73. The van der Waals surface area contributed by atoms with Gasteiger partial charge in [-0.2, -0.15) is 0 Å². The summed E-state index contributed by atoms with van der Waals surface area (Å²) in [5.41, 5.74) is 0. The highest BCUT2D eigenvalue weighted by molar-refractivity contribution is 4.74. The maximum absolute atomic E-state index is 3.49. The molecule has 1 aliphatic rings. The number of rotatable bonds is 9. The normalized spacial score (nSPS) is 18.6. The van der Waals surface area contributed by atoms with E-state index in [4.69, 9.17) is 0 Å². The van der Waals surface area contributed by atoms with Gasteiger partial charge in [-0.05, 0) is 39.8 Å². The predicted molar refractivity (Wildman–Crippen MR) is 84.8 cm³/mol. The molecule has 0 atom stereocenters. The average Bonchev–Trinajstić information content (AvgIpc) is 2.38. The van der Waals surface area contributed by atoms with E-state index in [9.17, 15) is 0 Å². The molecule has 0 aromatic carbocycles. The van der Waals surface area contributed by atoms with Gasteiger partial charge in [0.15, 0.2) is 0 Å². The molecule has 1 saturated heterocycles. The van der Waals surface area contributed by atoms with Gasteiger partial charge >= 0.3 is 0 Å². The minimum absolute atomic E-state index is 0.636. The van der Waals surface area contributed by atoms with Crippen molar-refractivity contribution in [3.05, 3.63) is 0 Å². The highest BCUT2D eigenvalue weighted by Gasteiger charge is 2.17. The quantitative estimate of drug-likeness (QED) is 0.649. The zero-order valence-electron chi connectivity index (χ0n) is 13.6. The average molecular weight is 269 g/mol. The molecule has 0 radical (unpaired) electrons. The van der Waals surface area contributed by atoms with Gasteiger partial charge in [-0.25, -0.2) is 0 Å². The van der Waals surface area contributed by atoms with Crippen LogP contribution in [0.3, 0.4) is 0 Å². The second-order valence-electron chi connectivity index (χ2n) is 6.49. The molecule has 1 N–H and O–H groups in total. The highest BCUT2D eigenvalue weighted by atomic mass is 15.3. The number of nitrogens with zero attached hydrogens (tertiary/aromatic N) is 2. The summed E-state index contributed by atoms with van der Waals surface area (Å²) < 4.78 is 0. The molecule has 0 aromatic rings. The summed E-state index contributed by atoms with van der Waals surface area (Å²) in [6, 6.07) is 1.35. The lowest BCUT2D eigenvalue weighted by molar-refractivity contribution is 0.107. The van der Waals surface area contributed by atoms with Crippen molar-refractivity contribution in [2.24, 2.45) is 0 Å². The molecule has 1 heterocycles. The van der Waals surface area contributed by atoms with Gasteiger partial charge < -0.3 is 10.2 Å². The van der Waals surface area contributed by atoms with Gasteiger partial charge in [0.25, 0.3) is 0 Å². The fraction of sp³-hybridized carbons (Fsp3) is 1.00. The molecule has 1 aliphatic heterocycles. The molecule has 1 fully saturated rings. The maximum Gasteiger partial charge on any atom is 0.0113 e. The van der Waals surface area contributed by atoms with Crippen molar-refractivity contribution in [2.75, 3.05) is 39.3 Å². The summed E-state index contributed by atoms with van der Waals surface area (Å²) in [4.78, 5) is 5.24. The van der Waals surface area contributed by atoms with Crippen LogP contribution < -0.4 is 5.32 Å². The molecule has 0 amide bonds. The van der Waals surface area contributed by atoms with Gasteiger partial charge in [0.2, 0.25) is 0 Å². The second-order valence-corrected chi connectivity index (χ2v) is 6.49. The summed E-state index contributed by atoms with van der Waals surface area (Å²) in [6.45, 7) is 16.6. The summed E-state index contributed by atoms with van der Waals surface area (Å²) in [5, 5.41) is 3.49. The van der Waals surface area contributed by atoms with Crippen LogP contribution in [0.2, 0.25) is 0 Å². The van der Waals surface area contributed by atoms with E-state index in [0.717, 1.165) is 6.04 Å². The number of hydrogen-bond acceptors (Lipinski definition) is 3. The van der Waals surface area contributed by atoms with Gasteiger partial charge in [0, 0.05) is 38.3 Å². The third-order valence-electron chi connectivity index (χ3n) is 4.09. The Morgan fingerprint density at radius 3 is 2.05 bits per heavy atom. The van der Waals surface area contributed by atoms with Crippen LogP contribution in [-0.4, -0.2) is 61.2 Å². The monoisotopic (exact) mass is 269 g/mol. The Labute approximate surface area is 120 Å². The molecule has 0 aromatic heterocycles. The van der Waals surface area contributed by atoms with Gasteiger partial charge in [0.1, 0.15) is 0 Å². The molecule has 1 rings (SSSR count). The number of nitrogens with one attached hydrogen (secondary N) is 1. The van der Waals surface area contributed by atoms with Crippen LogP contribution in [-0.2, 0) is 0 Å². The third-order valence-corrected chi connectivity index (χ3v) is 4.09. The van der Waals surface area contributed by atoms with Gasteiger partial charge in [-0.15, -0.1) is 0 Å². The smallest absolute Gasteiger partial charge is 0.0113 e. The molecule has 19 heavy (non-hydrogen) atoms. The van der Waals surface area contributed by atoms with Crippen LogP contribution in [0.4, 0.5) is 0 Å². The lowest BCUT2D eigenvalue weighted by atomic mass is 10.1. The Morgan fingerprint density at radius 2 is 1.47 bits per heavy atom. The van der Waals surface area contributed by atoms with Crippen molar-refractivity contribution >= 4 is 0 Å². The van der Waals surface area contributed by atoms with Gasteiger partial charge in [-0.1, -0.05) is 26.7 Å². The first-order valence-electron chi connectivity index (χ1n) is 8.29. The Kier molecular flexibility index (Phi) is 8.67. The highest BCUT2D eigenvalue weighted by Crippen LogP contribution is 2.08. The summed E-state index contributed by atoms with van der Waals surface area (Å²) in [5.74, 6) is 0. The van der Waals surface area contributed by atoms with Crippen LogP contribution in [0.5, 0.6) is 0 Å². The van der Waals surface area contributed by atoms with Crippen LogP contribution in [0.15, 0.2) is 0 Å². The summed E-state index contributed by atoms with van der Waals surface area (Å²) in [7, 11) is 0. The number of unbranched alkanes of at least 4 members (excludes halogenated alkanes) is 3. The Hall–Kier alpha value is -0.120. The minimum Gasteiger partial charge on any atom is -0.315 e. The van der Waals surface area contributed by atoms with Crippen molar-refractivity contribution in [3.63, 3.8) is 0 Å². The van der Waals surface area contributed by atoms with Gasteiger partial charge in [0.05, 0.1) is 0 Å². The first-order valence-corrected chi connectivity index (χ1v) is 8.29. The van der Waals surface area contributed by atoms with E-state index in [1.807, 2.05) is 0 Å². The molecule has 0 spiro atoms. The van der Waals surface area contributed by atoms with Crippen molar-refractivity contribution in [3.8, 4) is 0 Å². The van der Waals surface area contributed by atoms with Crippen molar-refractivity contribution < 1.29 is 0 Å². The van der Waals surface area contributed by atoms with Crippen LogP contribution in [0.25, 0.3) is 0 Å². The Bertz CT molecular complexity index is 208. The largest absolute Gasteiger partial charge is 0.315 e. The van der Waals surface area contributed by atoms with Crippen LogP contribution in [0.1, 0.15) is 53.4 Å². The van der Waals surface area contributed by atoms with E-state index in [1.54, 1.807) is 0 Å². The molecule has 0 unspecified atom stereocenters. The van der Waals surface area contributed by atoms with Crippen molar-refractivity contribution in [2.45, 2.75) is 65.5 Å². The standard InChI is InChI=1S/C16H35N3/c1-15(2)17-9-7-5-6-8-10-18-11-13-19(14-12-18)16(3)4/h15-17H,5-14H2,1-4H3. The lowest BCUT2D eigenvalue weighted by Crippen LogP contribution is -2.48. The fourth-order valence-electron chi connectivity index (χ4n) is 2.71. The van der Waals surface area contributed by atoms with Crippen LogP contribution >= 0.6 is 0 Å². The SMILES string of the molecule is CC(C)NCCCCCCN1CCN(C(C)C)CC1. The number of piperazine rings is 1. The first kappa shape index (κ1) is 16.9. The molecule has 3 nitrogen and oxygen atoms in total. The zero-order valence-corrected chi connectivity index (χ0v) is 13.6. The Morgan fingerprint density at radius 1 is 0.842 bits per heavy atom. The molecule has 3 heteroatoms. The van der Waals surface area contributed by atoms with E-state index in [-0.39, 0.29) is 0 Å². The fourth-order valence-corrected chi connectivity index (χ4v) is 2.71. The first-order chi connectivity index (χ1) is 9.09. The molecular weight excluding hydrogens is 234 g/mol. The van der Waals surface area contributed by atoms with Crippen LogP contribution in [0, 0.1) is 0 Å². The zero-order chi connectivity index (χ0) is 14.1. The molecule has 114 valence electrons. The molecular formula is C16H35N3. The maximum atomic E-state index is 3.49. The summed E-state index contributed by atoms with van der Waals surface area (Å²) >= 11 is 0. The molecule has 0 aliphatic carbocycles. The lowest BCUT2D eigenvalue weighted by Gasteiger charge is -2.36. The van der Waals surface area contributed by atoms with E-state index in [0.29, 0.717) is 6.04 Å². The molecule has 0 saturated carbocycles. The van der Waals surface area contributed by atoms with E-state index in [2.05, 4.69) is 42.8 Å². The van der Waals surface area contributed by atoms with E-state index < -0.39 is 0 Å². The number of hydrogen-bond donors (Lipinski definition) is 1. The van der Waals surface area contributed by atoms with Crippen molar-refractivity contribution in [1.29, 1.82) is 0 Å². The summed E-state index contributed by atoms with van der Waals surface area (Å²) in [6.07, 6.45) is 5.48. The minimum atomic E-state index is 0.636. The Balaban J connectivity index is 1.91.